The van der Waals surface area contributed by atoms with Crippen LogP contribution in [0.3, 0.4) is 0 Å². The van der Waals surface area contributed by atoms with E-state index in [4.69, 9.17) is 27.9 Å². The molecule has 6 nitrogen and oxygen atoms in total. The van der Waals surface area contributed by atoms with E-state index in [2.05, 4.69) is 4.98 Å². The Morgan fingerprint density at radius 1 is 1.06 bits per heavy atom. The van der Waals surface area contributed by atoms with Gasteiger partial charge in [-0.05, 0) is 55.3 Å². The van der Waals surface area contributed by atoms with Crippen molar-refractivity contribution in [3.05, 3.63) is 92.7 Å². The van der Waals surface area contributed by atoms with Crippen molar-refractivity contribution in [2.75, 3.05) is 12.0 Å². The molecule has 1 unspecified atom stereocenters. The van der Waals surface area contributed by atoms with Gasteiger partial charge in [0.05, 0.1) is 28.4 Å². The van der Waals surface area contributed by atoms with Crippen LogP contribution in [0.4, 0.5) is 5.69 Å². The maximum absolute atomic E-state index is 13.3. The molecule has 1 aliphatic heterocycles. The van der Waals surface area contributed by atoms with Gasteiger partial charge in [-0.2, -0.15) is 0 Å². The van der Waals surface area contributed by atoms with E-state index >= 15 is 0 Å². The largest absolute Gasteiger partial charge is 0.507 e. The number of nitrogens with zero attached hydrogens (tertiary/aromatic N) is 2. The van der Waals surface area contributed by atoms with Crippen LogP contribution in [0, 0.1) is 13.8 Å². The lowest BCUT2D eigenvalue weighted by atomic mass is 9.97. The van der Waals surface area contributed by atoms with E-state index in [1.807, 2.05) is 26.0 Å². The fourth-order valence-electron chi connectivity index (χ4n) is 3.94. The number of methoxy groups -OCH3 is 1. The number of rotatable bonds is 4. The Balaban J connectivity index is 1.98. The van der Waals surface area contributed by atoms with Gasteiger partial charge in [0.15, 0.2) is 5.75 Å². The molecule has 1 fully saturated rings. The number of aryl methyl sites for hydroxylation is 1. The lowest BCUT2D eigenvalue weighted by molar-refractivity contribution is -0.132. The predicted molar refractivity (Wildman–Crippen MR) is 128 cm³/mol. The Kier molecular flexibility index (Phi) is 6.15. The van der Waals surface area contributed by atoms with Gasteiger partial charge in [0.25, 0.3) is 11.7 Å². The van der Waals surface area contributed by atoms with Crippen molar-refractivity contribution in [1.82, 2.24) is 4.98 Å². The van der Waals surface area contributed by atoms with Crippen molar-refractivity contribution in [2.45, 2.75) is 19.9 Å². The van der Waals surface area contributed by atoms with Crippen LogP contribution in [0.15, 0.2) is 60.3 Å². The molecule has 0 aliphatic carbocycles. The van der Waals surface area contributed by atoms with E-state index in [1.165, 1.54) is 24.1 Å². The number of hydrogen-bond donors (Lipinski definition) is 1. The Morgan fingerprint density at radius 2 is 1.76 bits per heavy atom. The molecule has 3 aromatic rings. The smallest absolute Gasteiger partial charge is 0.300 e. The van der Waals surface area contributed by atoms with Crippen molar-refractivity contribution >= 4 is 46.3 Å². The third-order valence-corrected chi connectivity index (χ3v) is 6.29. The minimum atomic E-state index is -0.939. The summed E-state index contributed by atoms with van der Waals surface area (Å²) in [5, 5.41) is 11.5. The Morgan fingerprint density at radius 3 is 2.36 bits per heavy atom. The Labute approximate surface area is 201 Å². The van der Waals surface area contributed by atoms with Gasteiger partial charge in [-0.25, -0.2) is 0 Å². The minimum Gasteiger partial charge on any atom is -0.507 e. The number of pyridine rings is 1. The lowest BCUT2D eigenvalue weighted by Crippen LogP contribution is -2.30. The van der Waals surface area contributed by atoms with Crippen LogP contribution >= 0.6 is 23.2 Å². The SMILES string of the molecule is COc1c(Cl)cc(/C(O)=C2\C(=O)C(=O)N(c3cccc(C)c3C)C2c2ccccn2)cc1Cl. The highest BCUT2D eigenvalue weighted by Gasteiger charge is 2.48. The van der Waals surface area contributed by atoms with Crippen molar-refractivity contribution in [3.63, 3.8) is 0 Å². The monoisotopic (exact) mass is 482 g/mol. The summed E-state index contributed by atoms with van der Waals surface area (Å²) in [4.78, 5) is 32.3. The van der Waals surface area contributed by atoms with Crippen LogP contribution in [-0.4, -0.2) is 28.9 Å². The zero-order valence-electron chi connectivity index (χ0n) is 18.1. The summed E-state index contributed by atoms with van der Waals surface area (Å²) in [6.07, 6.45) is 1.57. The van der Waals surface area contributed by atoms with Gasteiger partial charge in [0.1, 0.15) is 11.8 Å². The molecule has 8 heteroatoms. The van der Waals surface area contributed by atoms with E-state index in [-0.39, 0.29) is 26.9 Å². The number of aliphatic hydroxyl groups is 1. The standard InChI is InChI=1S/C25H20Cl2N2O4/c1-13-7-6-9-19(14(13)2)29-21(18-8-4-5-10-28-18)20(23(31)25(29)32)22(30)15-11-16(26)24(33-3)17(27)12-15/h4-12,21,30H,1-3H3/b22-20+. The molecular weight excluding hydrogens is 463 g/mol. The molecule has 33 heavy (non-hydrogen) atoms. The average molecular weight is 483 g/mol. The summed E-state index contributed by atoms with van der Waals surface area (Å²) in [7, 11) is 1.42. The van der Waals surface area contributed by atoms with Crippen LogP contribution in [0.25, 0.3) is 5.76 Å². The molecule has 1 aromatic heterocycles. The molecule has 0 radical (unpaired) electrons. The summed E-state index contributed by atoms with van der Waals surface area (Å²) in [5.41, 5.74) is 2.89. The molecule has 0 bridgehead atoms. The number of aliphatic hydroxyl groups excluding tert-OH is 1. The summed E-state index contributed by atoms with van der Waals surface area (Å²) < 4.78 is 5.16. The van der Waals surface area contributed by atoms with E-state index in [0.717, 1.165) is 11.1 Å². The summed E-state index contributed by atoms with van der Waals surface area (Å²) >= 11 is 12.5. The van der Waals surface area contributed by atoms with Gasteiger partial charge in [0, 0.05) is 17.4 Å². The van der Waals surface area contributed by atoms with E-state index in [9.17, 15) is 14.7 Å². The maximum Gasteiger partial charge on any atom is 0.300 e. The first kappa shape index (κ1) is 22.8. The van der Waals surface area contributed by atoms with Crippen molar-refractivity contribution in [3.8, 4) is 5.75 Å². The second-order valence-electron chi connectivity index (χ2n) is 7.62. The number of carbonyl (C=O) groups excluding carboxylic acids is 2. The third-order valence-electron chi connectivity index (χ3n) is 5.72. The highest BCUT2D eigenvalue weighted by atomic mass is 35.5. The number of Topliss-reactive ketones (excluding diaryl/α,β-unsaturated/α-hetero) is 1. The molecule has 1 atom stereocenters. The first-order valence-corrected chi connectivity index (χ1v) is 10.8. The molecule has 2 heterocycles. The van der Waals surface area contributed by atoms with Crippen LogP contribution in [0.5, 0.6) is 5.75 Å². The molecule has 1 amide bonds. The number of anilines is 1. The lowest BCUT2D eigenvalue weighted by Gasteiger charge is -2.26. The molecule has 1 aliphatic rings. The van der Waals surface area contributed by atoms with Crippen LogP contribution < -0.4 is 9.64 Å². The van der Waals surface area contributed by atoms with Gasteiger partial charge >= 0.3 is 0 Å². The molecule has 4 rings (SSSR count). The van der Waals surface area contributed by atoms with Crippen molar-refractivity contribution < 1.29 is 19.4 Å². The van der Waals surface area contributed by atoms with Crippen LogP contribution in [-0.2, 0) is 9.59 Å². The van der Waals surface area contributed by atoms with Gasteiger partial charge in [-0.1, -0.05) is 41.4 Å². The topological polar surface area (TPSA) is 79.7 Å². The fraction of sp³-hybridized carbons (Fsp3) is 0.160. The van der Waals surface area contributed by atoms with Crippen molar-refractivity contribution in [2.24, 2.45) is 0 Å². The normalized spacial score (nSPS) is 17.5. The number of amides is 1. The van der Waals surface area contributed by atoms with Gasteiger partial charge in [0.2, 0.25) is 0 Å². The fourth-order valence-corrected chi connectivity index (χ4v) is 4.58. The molecular formula is C25H20Cl2N2O4. The van der Waals surface area contributed by atoms with Gasteiger partial charge in [-0.15, -0.1) is 0 Å². The Bertz CT molecular complexity index is 1280. The second-order valence-corrected chi connectivity index (χ2v) is 8.43. The number of carbonyl (C=O) groups is 2. The Hall–Kier alpha value is -3.35. The van der Waals surface area contributed by atoms with Gasteiger partial charge < -0.3 is 9.84 Å². The predicted octanol–water partition coefficient (Wildman–Crippen LogP) is 5.64. The first-order valence-electron chi connectivity index (χ1n) is 10.1. The molecule has 1 saturated heterocycles. The zero-order valence-corrected chi connectivity index (χ0v) is 19.6. The molecule has 0 spiro atoms. The van der Waals surface area contributed by atoms with Crippen LogP contribution in [0.2, 0.25) is 10.0 Å². The summed E-state index contributed by atoms with van der Waals surface area (Å²) in [6.45, 7) is 3.80. The summed E-state index contributed by atoms with van der Waals surface area (Å²) in [6, 6.07) is 12.6. The van der Waals surface area contributed by atoms with Gasteiger partial charge in [-0.3, -0.25) is 19.5 Å². The second kappa shape index (κ2) is 8.89. The number of aromatic nitrogens is 1. The number of halogens is 2. The third kappa shape index (κ3) is 3.86. The highest BCUT2D eigenvalue weighted by Crippen LogP contribution is 2.44. The molecule has 1 N–H and O–H groups in total. The number of ketones is 1. The number of ether oxygens (including phenoxy) is 1. The van der Waals surface area contributed by atoms with Crippen LogP contribution in [0.1, 0.15) is 28.4 Å². The quantitative estimate of drug-likeness (QED) is 0.295. The van der Waals surface area contributed by atoms with Crippen molar-refractivity contribution in [1.29, 1.82) is 0 Å². The zero-order chi connectivity index (χ0) is 23.9. The summed E-state index contributed by atoms with van der Waals surface area (Å²) in [5.74, 6) is -1.74. The van der Waals surface area contributed by atoms with E-state index in [0.29, 0.717) is 11.4 Å². The van der Waals surface area contributed by atoms with E-state index < -0.39 is 23.5 Å². The molecule has 0 saturated carbocycles. The molecule has 168 valence electrons. The first-order chi connectivity index (χ1) is 15.8. The van der Waals surface area contributed by atoms with E-state index in [1.54, 1.807) is 30.5 Å². The molecule has 2 aromatic carbocycles. The number of benzene rings is 2. The minimum absolute atomic E-state index is 0.100. The highest BCUT2D eigenvalue weighted by molar-refractivity contribution is 6.52. The maximum atomic E-state index is 13.3. The number of hydrogen-bond acceptors (Lipinski definition) is 5. The average Bonchev–Trinajstić information content (AvgIpc) is 3.06.